The number of hydrogen-bond acceptors (Lipinski definition) is 5. The normalized spacial score (nSPS) is 21.7. The third kappa shape index (κ3) is 2.50. The van der Waals surface area contributed by atoms with Gasteiger partial charge in [0, 0.05) is 6.61 Å². The highest BCUT2D eigenvalue weighted by Crippen LogP contribution is 2.29. The van der Waals surface area contributed by atoms with Crippen molar-refractivity contribution >= 4 is 0 Å². The molecule has 17 heavy (non-hydrogen) atoms. The number of aromatic nitrogens is 2. The fourth-order valence-electron chi connectivity index (χ4n) is 2.07. The van der Waals surface area contributed by atoms with Crippen molar-refractivity contribution in [3.8, 4) is 0 Å². The van der Waals surface area contributed by atoms with E-state index in [0.29, 0.717) is 11.7 Å². The lowest BCUT2D eigenvalue weighted by molar-refractivity contribution is -0.00459. The molecule has 0 saturated carbocycles. The molecule has 0 spiro atoms. The molecule has 0 amide bonds. The zero-order chi connectivity index (χ0) is 12.3. The Morgan fingerprint density at radius 3 is 2.71 bits per heavy atom. The van der Waals surface area contributed by atoms with Gasteiger partial charge < -0.3 is 15.0 Å². The third-order valence-corrected chi connectivity index (χ3v) is 3.60. The van der Waals surface area contributed by atoms with E-state index < -0.39 is 5.54 Å². The predicted octanol–water partition coefficient (Wildman–Crippen LogP) is 2.29. The van der Waals surface area contributed by atoms with Crippen LogP contribution in [-0.2, 0) is 10.3 Å². The Hall–Kier alpha value is -0.940. The van der Waals surface area contributed by atoms with Crippen LogP contribution >= 0.6 is 0 Å². The minimum absolute atomic E-state index is 0.0389. The van der Waals surface area contributed by atoms with Crippen LogP contribution in [0.3, 0.4) is 0 Å². The summed E-state index contributed by atoms with van der Waals surface area (Å²) in [6, 6.07) is 0. The lowest BCUT2D eigenvalue weighted by atomic mass is 9.93. The zero-order valence-electron chi connectivity index (χ0n) is 10.6. The molecule has 1 saturated heterocycles. The molecule has 1 fully saturated rings. The second kappa shape index (κ2) is 5.14. The van der Waals surface area contributed by atoms with Gasteiger partial charge in [0.05, 0.1) is 5.54 Å². The Labute approximate surface area is 102 Å². The molecule has 0 radical (unpaired) electrons. The molecule has 1 unspecified atom stereocenters. The van der Waals surface area contributed by atoms with Gasteiger partial charge in [-0.25, -0.2) is 0 Å². The number of ether oxygens (including phenoxy) is 1. The van der Waals surface area contributed by atoms with Crippen LogP contribution in [0, 0.1) is 0 Å². The zero-order valence-corrected chi connectivity index (χ0v) is 10.6. The fraction of sp³-hybridized carbons (Fsp3) is 0.833. The van der Waals surface area contributed by atoms with Gasteiger partial charge in [-0.15, -0.1) is 0 Å². The van der Waals surface area contributed by atoms with E-state index >= 15 is 0 Å². The van der Waals surface area contributed by atoms with Crippen LogP contribution in [0.4, 0.5) is 0 Å². The van der Waals surface area contributed by atoms with Crippen molar-refractivity contribution in [2.75, 3.05) is 6.61 Å². The summed E-state index contributed by atoms with van der Waals surface area (Å²) in [6.45, 7) is 4.85. The van der Waals surface area contributed by atoms with E-state index in [9.17, 15) is 0 Å². The smallest absolute Gasteiger partial charge is 0.255 e. The number of rotatable bonds is 4. The second-order valence-electron chi connectivity index (χ2n) is 4.67. The Balaban J connectivity index is 2.14. The van der Waals surface area contributed by atoms with Crippen LogP contribution in [0.5, 0.6) is 0 Å². The van der Waals surface area contributed by atoms with Crippen molar-refractivity contribution in [2.45, 2.75) is 57.6 Å². The van der Waals surface area contributed by atoms with Gasteiger partial charge in [0.2, 0.25) is 0 Å². The largest absolute Gasteiger partial charge is 0.368 e. The molecule has 1 aliphatic rings. The molecule has 1 atom stereocenters. The second-order valence-corrected chi connectivity index (χ2v) is 4.67. The molecule has 5 heteroatoms. The average molecular weight is 239 g/mol. The molecule has 2 heterocycles. The van der Waals surface area contributed by atoms with Crippen LogP contribution in [0.25, 0.3) is 0 Å². The number of nitrogens with zero attached hydrogens (tertiary/aromatic N) is 2. The van der Waals surface area contributed by atoms with E-state index in [2.05, 4.69) is 10.1 Å². The van der Waals surface area contributed by atoms with Crippen molar-refractivity contribution < 1.29 is 9.26 Å². The molecular formula is C12H21N3O2. The van der Waals surface area contributed by atoms with Crippen molar-refractivity contribution in [2.24, 2.45) is 5.73 Å². The standard InChI is InChI=1S/C12H21N3O2/c1-3-12(13,4-2)11-14-10(17-15-11)9-7-5-6-8-16-9/h9H,3-8,13H2,1-2H3. The summed E-state index contributed by atoms with van der Waals surface area (Å²) in [6.07, 6.45) is 4.78. The molecule has 1 aromatic heterocycles. The first-order valence-corrected chi connectivity index (χ1v) is 6.44. The topological polar surface area (TPSA) is 74.2 Å². The monoisotopic (exact) mass is 239 g/mol. The van der Waals surface area contributed by atoms with Gasteiger partial charge in [-0.05, 0) is 32.1 Å². The maximum atomic E-state index is 6.23. The summed E-state index contributed by atoms with van der Waals surface area (Å²) in [7, 11) is 0. The van der Waals surface area contributed by atoms with Gasteiger partial charge >= 0.3 is 0 Å². The molecule has 0 aromatic carbocycles. The fourth-order valence-corrected chi connectivity index (χ4v) is 2.07. The van der Waals surface area contributed by atoms with Crippen LogP contribution in [0.15, 0.2) is 4.52 Å². The van der Waals surface area contributed by atoms with Crippen molar-refractivity contribution in [1.29, 1.82) is 0 Å². The summed E-state index contributed by atoms with van der Waals surface area (Å²) < 4.78 is 10.9. The van der Waals surface area contributed by atoms with E-state index in [-0.39, 0.29) is 6.10 Å². The predicted molar refractivity (Wildman–Crippen MR) is 63.3 cm³/mol. The lowest BCUT2D eigenvalue weighted by Gasteiger charge is -2.22. The Morgan fingerprint density at radius 2 is 2.12 bits per heavy atom. The molecule has 2 rings (SSSR count). The third-order valence-electron chi connectivity index (χ3n) is 3.60. The van der Waals surface area contributed by atoms with Gasteiger partial charge in [0.1, 0.15) is 6.10 Å². The van der Waals surface area contributed by atoms with Crippen molar-refractivity contribution in [3.05, 3.63) is 11.7 Å². The van der Waals surface area contributed by atoms with E-state index in [1.54, 1.807) is 0 Å². The van der Waals surface area contributed by atoms with Gasteiger partial charge in [0.15, 0.2) is 5.82 Å². The number of nitrogens with two attached hydrogens (primary N) is 1. The highest BCUT2D eigenvalue weighted by atomic mass is 16.5. The van der Waals surface area contributed by atoms with Gasteiger partial charge in [-0.3, -0.25) is 0 Å². The maximum Gasteiger partial charge on any atom is 0.255 e. The SMILES string of the molecule is CCC(N)(CC)c1noc(C2CCCCO2)n1. The Morgan fingerprint density at radius 1 is 1.35 bits per heavy atom. The summed E-state index contributed by atoms with van der Waals surface area (Å²) in [5.41, 5.74) is 5.76. The van der Waals surface area contributed by atoms with Gasteiger partial charge in [0.25, 0.3) is 5.89 Å². The molecule has 0 bridgehead atoms. The van der Waals surface area contributed by atoms with Gasteiger partial charge in [-0.2, -0.15) is 4.98 Å². The molecule has 2 N–H and O–H groups in total. The lowest BCUT2D eigenvalue weighted by Crippen LogP contribution is -2.36. The minimum Gasteiger partial charge on any atom is -0.368 e. The van der Waals surface area contributed by atoms with Crippen LogP contribution < -0.4 is 5.73 Å². The van der Waals surface area contributed by atoms with Crippen LogP contribution in [0.2, 0.25) is 0 Å². The average Bonchev–Trinajstić information content (AvgIpc) is 2.89. The summed E-state index contributed by atoms with van der Waals surface area (Å²) in [4.78, 5) is 4.42. The molecule has 96 valence electrons. The first-order chi connectivity index (χ1) is 8.19. The van der Waals surface area contributed by atoms with E-state index in [1.165, 1.54) is 0 Å². The highest BCUT2D eigenvalue weighted by molar-refractivity contribution is 5.04. The molecule has 1 aliphatic heterocycles. The molecule has 5 nitrogen and oxygen atoms in total. The Bertz CT molecular complexity index is 354. The first kappa shape index (κ1) is 12.5. The Kier molecular flexibility index (Phi) is 3.79. The van der Waals surface area contributed by atoms with Crippen molar-refractivity contribution in [3.63, 3.8) is 0 Å². The molecular weight excluding hydrogens is 218 g/mol. The van der Waals surface area contributed by atoms with Gasteiger partial charge in [-0.1, -0.05) is 19.0 Å². The van der Waals surface area contributed by atoms with E-state index in [0.717, 1.165) is 38.7 Å². The van der Waals surface area contributed by atoms with Crippen LogP contribution in [-0.4, -0.2) is 16.7 Å². The first-order valence-electron chi connectivity index (χ1n) is 6.44. The quantitative estimate of drug-likeness (QED) is 0.872. The number of hydrogen-bond donors (Lipinski definition) is 1. The van der Waals surface area contributed by atoms with E-state index in [4.69, 9.17) is 15.0 Å². The molecule has 1 aromatic rings. The summed E-state index contributed by atoms with van der Waals surface area (Å²) in [5.74, 6) is 1.18. The molecule has 0 aliphatic carbocycles. The van der Waals surface area contributed by atoms with Crippen LogP contribution in [0.1, 0.15) is 63.8 Å². The highest BCUT2D eigenvalue weighted by Gasteiger charge is 2.31. The summed E-state index contributed by atoms with van der Waals surface area (Å²) in [5, 5.41) is 4.01. The maximum absolute atomic E-state index is 6.23. The van der Waals surface area contributed by atoms with E-state index in [1.807, 2.05) is 13.8 Å². The minimum atomic E-state index is -0.476. The summed E-state index contributed by atoms with van der Waals surface area (Å²) >= 11 is 0. The van der Waals surface area contributed by atoms with Crippen molar-refractivity contribution in [1.82, 2.24) is 10.1 Å².